The molecule has 0 amide bonds. The lowest BCUT2D eigenvalue weighted by Gasteiger charge is -1.95. The van der Waals surface area contributed by atoms with Crippen molar-refractivity contribution in [2.75, 3.05) is 0 Å². The topological polar surface area (TPSA) is 33.1 Å². The average Bonchev–Trinajstić information content (AvgIpc) is 2.67. The van der Waals surface area contributed by atoms with E-state index in [0.717, 1.165) is 20.7 Å². The minimum absolute atomic E-state index is 0.00697. The van der Waals surface area contributed by atoms with Gasteiger partial charge in [-0.1, -0.05) is 28.1 Å². The molecule has 0 atom stereocenters. The Kier molecular flexibility index (Phi) is 2.96. The summed E-state index contributed by atoms with van der Waals surface area (Å²) < 4.78 is 1.06. The molecule has 1 heterocycles. The van der Waals surface area contributed by atoms with Crippen LogP contribution in [0, 0.1) is 0 Å². The Morgan fingerprint density at radius 2 is 2.00 bits per heavy atom. The van der Waals surface area contributed by atoms with Crippen molar-refractivity contribution in [3.8, 4) is 10.6 Å². The highest BCUT2D eigenvalue weighted by Crippen LogP contribution is 2.25. The lowest BCUT2D eigenvalue weighted by Crippen LogP contribution is -1.82. The zero-order valence-corrected chi connectivity index (χ0v) is 9.68. The molecular weight excluding hydrogens is 262 g/mol. The van der Waals surface area contributed by atoms with E-state index in [1.807, 2.05) is 29.6 Å². The standard InChI is InChI=1S/C10H8BrNOS/c11-8-3-1-7(2-4-8)10-12-9(5-13)6-14-10/h1-4,6,13H,5H2. The van der Waals surface area contributed by atoms with Crippen molar-refractivity contribution in [2.45, 2.75) is 6.61 Å². The molecule has 0 bridgehead atoms. The maximum Gasteiger partial charge on any atom is 0.123 e. The summed E-state index contributed by atoms with van der Waals surface area (Å²) in [6.45, 7) is 0.00697. The van der Waals surface area contributed by atoms with Gasteiger partial charge in [-0.05, 0) is 12.1 Å². The second-order valence-corrected chi connectivity index (χ2v) is 4.58. The third-order valence-electron chi connectivity index (χ3n) is 1.80. The Labute approximate surface area is 94.4 Å². The molecule has 4 heteroatoms. The zero-order chi connectivity index (χ0) is 9.97. The van der Waals surface area contributed by atoms with Gasteiger partial charge in [0, 0.05) is 15.4 Å². The molecule has 1 aromatic carbocycles. The molecule has 2 aromatic rings. The van der Waals surface area contributed by atoms with E-state index in [-0.39, 0.29) is 6.61 Å². The van der Waals surface area contributed by atoms with Crippen molar-refractivity contribution in [1.82, 2.24) is 4.98 Å². The number of thiazole rings is 1. The van der Waals surface area contributed by atoms with Crippen molar-refractivity contribution in [1.29, 1.82) is 0 Å². The summed E-state index contributed by atoms with van der Waals surface area (Å²) in [6, 6.07) is 7.97. The summed E-state index contributed by atoms with van der Waals surface area (Å²) in [5.41, 5.74) is 1.81. The van der Waals surface area contributed by atoms with Crippen LogP contribution in [0.25, 0.3) is 10.6 Å². The number of nitrogens with zero attached hydrogens (tertiary/aromatic N) is 1. The molecule has 0 spiro atoms. The molecule has 2 rings (SSSR count). The predicted octanol–water partition coefficient (Wildman–Crippen LogP) is 3.06. The Bertz CT molecular complexity index is 424. The number of aliphatic hydroxyl groups is 1. The van der Waals surface area contributed by atoms with Gasteiger partial charge in [0.25, 0.3) is 0 Å². The van der Waals surface area contributed by atoms with Gasteiger partial charge in [0.1, 0.15) is 5.01 Å². The highest BCUT2D eigenvalue weighted by molar-refractivity contribution is 9.10. The number of hydrogen-bond acceptors (Lipinski definition) is 3. The SMILES string of the molecule is OCc1csc(-c2ccc(Br)cc2)n1. The molecule has 0 saturated carbocycles. The fraction of sp³-hybridized carbons (Fsp3) is 0.100. The van der Waals surface area contributed by atoms with Crippen molar-refractivity contribution < 1.29 is 5.11 Å². The van der Waals surface area contributed by atoms with Crippen LogP contribution in [0.1, 0.15) is 5.69 Å². The third-order valence-corrected chi connectivity index (χ3v) is 3.27. The van der Waals surface area contributed by atoms with E-state index in [0.29, 0.717) is 0 Å². The van der Waals surface area contributed by atoms with E-state index >= 15 is 0 Å². The Hall–Kier alpha value is -0.710. The molecule has 0 fully saturated rings. The summed E-state index contributed by atoms with van der Waals surface area (Å²) in [4.78, 5) is 4.28. The first-order valence-corrected chi connectivity index (χ1v) is 5.78. The van der Waals surface area contributed by atoms with Crippen molar-refractivity contribution in [3.05, 3.63) is 39.8 Å². The molecule has 1 aromatic heterocycles. The van der Waals surface area contributed by atoms with Crippen LogP contribution in [-0.2, 0) is 6.61 Å². The fourth-order valence-corrected chi connectivity index (χ4v) is 2.19. The quantitative estimate of drug-likeness (QED) is 0.909. The Balaban J connectivity index is 2.34. The maximum absolute atomic E-state index is 8.88. The van der Waals surface area contributed by atoms with E-state index in [1.165, 1.54) is 0 Å². The van der Waals surface area contributed by atoms with Crippen LogP contribution in [0.2, 0.25) is 0 Å². The number of halogens is 1. The van der Waals surface area contributed by atoms with Crippen LogP contribution in [0.15, 0.2) is 34.1 Å². The predicted molar refractivity (Wildman–Crippen MR) is 61.2 cm³/mol. The van der Waals surface area contributed by atoms with Gasteiger partial charge in [-0.15, -0.1) is 11.3 Å². The molecule has 0 aliphatic carbocycles. The van der Waals surface area contributed by atoms with Crippen LogP contribution in [0.3, 0.4) is 0 Å². The molecule has 72 valence electrons. The normalized spacial score (nSPS) is 10.4. The monoisotopic (exact) mass is 269 g/mol. The van der Waals surface area contributed by atoms with E-state index < -0.39 is 0 Å². The second-order valence-electron chi connectivity index (χ2n) is 2.81. The summed E-state index contributed by atoms with van der Waals surface area (Å²) >= 11 is 4.93. The highest BCUT2D eigenvalue weighted by Gasteiger charge is 2.03. The Morgan fingerprint density at radius 1 is 1.29 bits per heavy atom. The molecule has 0 aliphatic heterocycles. The molecule has 0 radical (unpaired) electrons. The van der Waals surface area contributed by atoms with Crippen LogP contribution in [0.4, 0.5) is 0 Å². The van der Waals surface area contributed by atoms with Crippen LogP contribution in [0.5, 0.6) is 0 Å². The fourth-order valence-electron chi connectivity index (χ4n) is 1.10. The van der Waals surface area contributed by atoms with E-state index in [4.69, 9.17) is 5.11 Å². The first-order valence-electron chi connectivity index (χ1n) is 4.11. The molecule has 0 unspecified atom stereocenters. The lowest BCUT2D eigenvalue weighted by atomic mass is 10.2. The van der Waals surface area contributed by atoms with E-state index in [9.17, 15) is 0 Å². The Morgan fingerprint density at radius 3 is 2.57 bits per heavy atom. The molecule has 0 saturated heterocycles. The number of hydrogen-bond donors (Lipinski definition) is 1. The summed E-state index contributed by atoms with van der Waals surface area (Å²) in [5.74, 6) is 0. The van der Waals surface area contributed by atoms with Gasteiger partial charge in [-0.3, -0.25) is 0 Å². The third kappa shape index (κ3) is 2.03. The number of aromatic nitrogens is 1. The maximum atomic E-state index is 8.88. The first-order chi connectivity index (χ1) is 6.79. The number of benzene rings is 1. The van der Waals surface area contributed by atoms with Crippen molar-refractivity contribution in [3.63, 3.8) is 0 Å². The van der Waals surface area contributed by atoms with Crippen LogP contribution in [-0.4, -0.2) is 10.1 Å². The lowest BCUT2D eigenvalue weighted by molar-refractivity contribution is 0.278. The molecule has 2 nitrogen and oxygen atoms in total. The van der Waals surface area contributed by atoms with Crippen molar-refractivity contribution in [2.24, 2.45) is 0 Å². The molecule has 0 aliphatic rings. The molecular formula is C10H8BrNOS. The first kappa shape index (κ1) is 9.83. The number of rotatable bonds is 2. The molecule has 1 N–H and O–H groups in total. The van der Waals surface area contributed by atoms with Gasteiger partial charge in [0.2, 0.25) is 0 Å². The largest absolute Gasteiger partial charge is 0.390 e. The second kappa shape index (κ2) is 4.21. The van der Waals surface area contributed by atoms with Gasteiger partial charge in [-0.25, -0.2) is 4.98 Å². The molecule has 14 heavy (non-hydrogen) atoms. The minimum atomic E-state index is 0.00697. The van der Waals surface area contributed by atoms with Gasteiger partial charge in [-0.2, -0.15) is 0 Å². The summed E-state index contributed by atoms with van der Waals surface area (Å²) in [7, 11) is 0. The van der Waals surface area contributed by atoms with E-state index in [1.54, 1.807) is 11.3 Å². The van der Waals surface area contributed by atoms with Gasteiger partial charge in [0.05, 0.1) is 12.3 Å². The van der Waals surface area contributed by atoms with Crippen LogP contribution >= 0.6 is 27.3 Å². The zero-order valence-electron chi connectivity index (χ0n) is 7.27. The smallest absolute Gasteiger partial charge is 0.123 e. The van der Waals surface area contributed by atoms with Gasteiger partial charge in [0.15, 0.2) is 0 Å². The van der Waals surface area contributed by atoms with E-state index in [2.05, 4.69) is 20.9 Å². The van der Waals surface area contributed by atoms with Crippen LogP contribution < -0.4 is 0 Å². The summed E-state index contributed by atoms with van der Waals surface area (Å²) in [6.07, 6.45) is 0. The van der Waals surface area contributed by atoms with Gasteiger partial charge >= 0.3 is 0 Å². The summed E-state index contributed by atoms with van der Waals surface area (Å²) in [5, 5.41) is 11.7. The average molecular weight is 270 g/mol. The van der Waals surface area contributed by atoms with Crippen molar-refractivity contribution >= 4 is 27.3 Å². The number of aliphatic hydroxyl groups excluding tert-OH is 1. The highest BCUT2D eigenvalue weighted by atomic mass is 79.9. The van der Waals surface area contributed by atoms with Gasteiger partial charge < -0.3 is 5.11 Å². The minimum Gasteiger partial charge on any atom is -0.390 e.